The van der Waals surface area contributed by atoms with Crippen molar-refractivity contribution < 1.29 is 19.1 Å². The molecule has 4 amide bonds. The Labute approximate surface area is 171 Å². The maximum absolute atomic E-state index is 12.7. The smallest absolute Gasteiger partial charge is 0.317 e. The molecule has 29 heavy (non-hydrogen) atoms. The van der Waals surface area contributed by atoms with Gasteiger partial charge in [-0.25, -0.2) is 4.79 Å². The number of hydrogen-bond donors (Lipinski definition) is 3. The molecule has 158 valence electrons. The number of benzene rings is 1. The van der Waals surface area contributed by atoms with Crippen molar-refractivity contribution in [2.45, 2.75) is 38.8 Å². The minimum atomic E-state index is -0.216. The van der Waals surface area contributed by atoms with E-state index in [0.717, 1.165) is 17.7 Å². The van der Waals surface area contributed by atoms with E-state index >= 15 is 0 Å². The Morgan fingerprint density at radius 1 is 1.24 bits per heavy atom. The summed E-state index contributed by atoms with van der Waals surface area (Å²) >= 11 is 0. The van der Waals surface area contributed by atoms with Gasteiger partial charge in [0, 0.05) is 37.2 Å². The van der Waals surface area contributed by atoms with Gasteiger partial charge in [0.2, 0.25) is 11.8 Å². The number of nitrogens with one attached hydrogen (secondary N) is 3. The topological polar surface area (TPSA) is 99.8 Å². The van der Waals surface area contributed by atoms with Gasteiger partial charge in [-0.3, -0.25) is 9.59 Å². The number of amides is 4. The zero-order valence-electron chi connectivity index (χ0n) is 17.1. The fourth-order valence-corrected chi connectivity index (χ4v) is 4.17. The van der Waals surface area contributed by atoms with Crippen LogP contribution in [0, 0.1) is 11.8 Å². The maximum atomic E-state index is 12.7. The van der Waals surface area contributed by atoms with E-state index in [9.17, 15) is 14.4 Å². The van der Waals surface area contributed by atoms with E-state index in [2.05, 4.69) is 16.0 Å². The number of urea groups is 1. The number of methoxy groups -OCH3 is 1. The Morgan fingerprint density at radius 2 is 2.03 bits per heavy atom. The lowest BCUT2D eigenvalue weighted by Gasteiger charge is -2.23. The van der Waals surface area contributed by atoms with Crippen LogP contribution in [0.25, 0.3) is 0 Å². The van der Waals surface area contributed by atoms with E-state index < -0.39 is 0 Å². The largest absolute Gasteiger partial charge is 0.496 e. The molecular weight excluding hydrogens is 372 g/mol. The molecule has 2 aliphatic rings. The van der Waals surface area contributed by atoms with E-state index in [0.29, 0.717) is 32.5 Å². The first-order valence-electron chi connectivity index (χ1n) is 10.2. The highest BCUT2D eigenvalue weighted by atomic mass is 16.5. The molecule has 1 saturated heterocycles. The number of fused-ring (bicyclic) bond motifs is 1. The monoisotopic (exact) mass is 402 g/mol. The van der Waals surface area contributed by atoms with Gasteiger partial charge in [0.05, 0.1) is 7.11 Å². The molecule has 0 bridgehead atoms. The number of para-hydroxylation sites is 1. The van der Waals surface area contributed by atoms with Gasteiger partial charge in [0.1, 0.15) is 12.3 Å². The zero-order chi connectivity index (χ0) is 20.8. The highest BCUT2D eigenvalue weighted by Gasteiger charge is 2.42. The minimum absolute atomic E-state index is 0.0276. The van der Waals surface area contributed by atoms with Crippen molar-refractivity contribution >= 4 is 17.8 Å². The van der Waals surface area contributed by atoms with Gasteiger partial charge < -0.3 is 25.6 Å². The normalized spacial score (nSPS) is 23.6. The zero-order valence-corrected chi connectivity index (χ0v) is 17.1. The molecule has 2 fully saturated rings. The van der Waals surface area contributed by atoms with Gasteiger partial charge in [-0.1, -0.05) is 25.1 Å². The summed E-state index contributed by atoms with van der Waals surface area (Å²) in [4.78, 5) is 38.8. The van der Waals surface area contributed by atoms with Crippen LogP contribution in [-0.4, -0.2) is 55.5 Å². The standard InChI is InChI=1S/C21H30N4O4/c1-3-8-22-21(28)25-12-16-9-15(10-17(16)24-19(26)13-25)20(27)23-11-14-6-4-5-7-18(14)29-2/h4-7,15-17H,3,8-13H2,1-2H3,(H,22,28)(H,23,27)(H,24,26)/t15-,16+,17+/m0/s1. The first-order chi connectivity index (χ1) is 14.0. The molecular formula is C21H30N4O4. The van der Waals surface area contributed by atoms with Crippen LogP contribution in [0.3, 0.4) is 0 Å². The fraction of sp³-hybridized carbons (Fsp3) is 0.571. The molecule has 3 rings (SSSR count). The van der Waals surface area contributed by atoms with Crippen molar-refractivity contribution in [1.29, 1.82) is 0 Å². The Bertz CT molecular complexity index is 754. The van der Waals surface area contributed by atoms with Crippen LogP contribution in [-0.2, 0) is 16.1 Å². The molecule has 0 spiro atoms. The van der Waals surface area contributed by atoms with Gasteiger partial charge in [0.15, 0.2) is 0 Å². The quantitative estimate of drug-likeness (QED) is 0.667. The Kier molecular flexibility index (Phi) is 6.95. The van der Waals surface area contributed by atoms with Crippen molar-refractivity contribution in [2.24, 2.45) is 11.8 Å². The summed E-state index contributed by atoms with van der Waals surface area (Å²) in [6.45, 7) is 3.50. The Balaban J connectivity index is 1.58. The molecule has 1 heterocycles. The van der Waals surface area contributed by atoms with E-state index in [1.807, 2.05) is 31.2 Å². The average Bonchev–Trinajstić information content (AvgIpc) is 3.04. The predicted molar refractivity (Wildman–Crippen MR) is 108 cm³/mol. The molecule has 1 aliphatic carbocycles. The highest BCUT2D eigenvalue weighted by Crippen LogP contribution is 2.33. The lowest BCUT2D eigenvalue weighted by molar-refractivity contribution is -0.125. The third kappa shape index (κ3) is 5.19. The molecule has 1 aromatic carbocycles. The van der Waals surface area contributed by atoms with Crippen molar-refractivity contribution in [3.05, 3.63) is 29.8 Å². The summed E-state index contributed by atoms with van der Waals surface area (Å²) in [7, 11) is 1.61. The Hall–Kier alpha value is -2.77. The molecule has 1 aromatic rings. The van der Waals surface area contributed by atoms with Gasteiger partial charge >= 0.3 is 6.03 Å². The van der Waals surface area contributed by atoms with E-state index in [1.165, 1.54) is 0 Å². The molecule has 8 nitrogen and oxygen atoms in total. The Morgan fingerprint density at radius 3 is 2.79 bits per heavy atom. The molecule has 0 unspecified atom stereocenters. The number of hydrogen-bond acceptors (Lipinski definition) is 4. The van der Waals surface area contributed by atoms with Crippen LogP contribution in [0.5, 0.6) is 5.75 Å². The molecule has 0 aromatic heterocycles. The van der Waals surface area contributed by atoms with Crippen LogP contribution in [0.15, 0.2) is 24.3 Å². The summed E-state index contributed by atoms with van der Waals surface area (Å²) < 4.78 is 5.33. The highest BCUT2D eigenvalue weighted by molar-refractivity contribution is 5.85. The van der Waals surface area contributed by atoms with Crippen LogP contribution in [0.2, 0.25) is 0 Å². The fourth-order valence-electron chi connectivity index (χ4n) is 4.17. The van der Waals surface area contributed by atoms with Crippen LogP contribution in [0.4, 0.5) is 4.79 Å². The molecule has 1 aliphatic heterocycles. The summed E-state index contributed by atoms with van der Waals surface area (Å²) in [5.41, 5.74) is 0.919. The molecule has 3 atom stereocenters. The van der Waals surface area contributed by atoms with E-state index in [1.54, 1.807) is 12.0 Å². The second-order valence-corrected chi connectivity index (χ2v) is 7.74. The van der Waals surface area contributed by atoms with Crippen LogP contribution < -0.4 is 20.7 Å². The van der Waals surface area contributed by atoms with Crippen molar-refractivity contribution in [3.63, 3.8) is 0 Å². The van der Waals surface area contributed by atoms with Crippen molar-refractivity contribution in [2.75, 3.05) is 26.7 Å². The first kappa shape index (κ1) is 21.0. The van der Waals surface area contributed by atoms with E-state index in [4.69, 9.17) is 4.74 Å². The number of ether oxygens (including phenoxy) is 1. The van der Waals surface area contributed by atoms with Gasteiger partial charge in [-0.05, 0) is 31.2 Å². The van der Waals surface area contributed by atoms with Crippen molar-refractivity contribution in [1.82, 2.24) is 20.9 Å². The molecule has 0 radical (unpaired) electrons. The minimum Gasteiger partial charge on any atom is -0.496 e. The second-order valence-electron chi connectivity index (χ2n) is 7.74. The molecule has 3 N–H and O–H groups in total. The van der Waals surface area contributed by atoms with E-state index in [-0.39, 0.29) is 42.3 Å². The second kappa shape index (κ2) is 9.62. The van der Waals surface area contributed by atoms with Gasteiger partial charge in [-0.2, -0.15) is 0 Å². The third-order valence-electron chi connectivity index (χ3n) is 5.66. The summed E-state index contributed by atoms with van der Waals surface area (Å²) in [6, 6.07) is 7.29. The van der Waals surface area contributed by atoms with Gasteiger partial charge in [0.25, 0.3) is 0 Å². The predicted octanol–water partition coefficient (Wildman–Crippen LogP) is 1.26. The van der Waals surface area contributed by atoms with Crippen LogP contribution in [0.1, 0.15) is 31.7 Å². The summed E-state index contributed by atoms with van der Waals surface area (Å²) in [5.74, 6) is 0.444. The maximum Gasteiger partial charge on any atom is 0.317 e. The number of nitrogens with zero attached hydrogens (tertiary/aromatic N) is 1. The van der Waals surface area contributed by atoms with Gasteiger partial charge in [-0.15, -0.1) is 0 Å². The SMILES string of the molecule is CCCNC(=O)N1CC(=O)N[C@@H]2C[C@@H](C(=O)NCc3ccccc3OC)C[C@@H]2C1. The third-order valence-corrected chi connectivity index (χ3v) is 5.66. The lowest BCUT2D eigenvalue weighted by Crippen LogP contribution is -2.44. The average molecular weight is 402 g/mol. The first-order valence-corrected chi connectivity index (χ1v) is 10.2. The molecule has 8 heteroatoms. The lowest BCUT2D eigenvalue weighted by atomic mass is 10.0. The van der Waals surface area contributed by atoms with Crippen LogP contribution >= 0.6 is 0 Å². The summed E-state index contributed by atoms with van der Waals surface area (Å²) in [5, 5.41) is 8.82. The van der Waals surface area contributed by atoms with Crippen molar-refractivity contribution in [3.8, 4) is 5.75 Å². The molecule has 1 saturated carbocycles. The summed E-state index contributed by atoms with van der Waals surface area (Å²) in [6.07, 6.45) is 2.09. The number of rotatable bonds is 6. The number of carbonyl (C=O) groups is 3. The number of carbonyl (C=O) groups excluding carboxylic acids is 3.